The molecule has 15 heavy (non-hydrogen) atoms. The van der Waals surface area contributed by atoms with Crippen LogP contribution >= 0.6 is 0 Å². The van der Waals surface area contributed by atoms with Crippen molar-refractivity contribution in [2.45, 2.75) is 26.3 Å². The molecular formula is C10H20O4Si. The van der Waals surface area contributed by atoms with Gasteiger partial charge in [0.05, 0.1) is 0 Å². The second-order valence-electron chi connectivity index (χ2n) is 3.43. The normalized spacial score (nSPS) is 11.2. The summed E-state index contributed by atoms with van der Waals surface area (Å²) >= 11 is 0. The van der Waals surface area contributed by atoms with E-state index in [2.05, 4.69) is 6.58 Å². The van der Waals surface area contributed by atoms with E-state index in [0.29, 0.717) is 5.57 Å². The Bertz CT molecular complexity index is 223. The second-order valence-corrected chi connectivity index (χ2v) is 6.85. The van der Waals surface area contributed by atoms with E-state index >= 15 is 0 Å². The summed E-state index contributed by atoms with van der Waals surface area (Å²) in [6.07, 6.45) is 1.16. The molecule has 0 aromatic rings. The van der Waals surface area contributed by atoms with Crippen molar-refractivity contribution in [3.05, 3.63) is 12.2 Å². The van der Waals surface area contributed by atoms with E-state index < -0.39 is 14.5 Å². The third-order valence-corrected chi connectivity index (χ3v) is 5.48. The van der Waals surface area contributed by atoms with Gasteiger partial charge in [-0.25, -0.2) is 4.79 Å². The molecule has 0 saturated heterocycles. The van der Waals surface area contributed by atoms with Gasteiger partial charge in [-0.1, -0.05) is 19.9 Å². The minimum absolute atomic E-state index is 0.222. The number of hydrogen-bond donors (Lipinski definition) is 0. The van der Waals surface area contributed by atoms with Gasteiger partial charge in [0.2, 0.25) is 0 Å². The molecule has 0 radical (unpaired) electrons. The molecule has 0 aliphatic heterocycles. The fourth-order valence-corrected chi connectivity index (χ4v) is 3.22. The lowest BCUT2D eigenvalue weighted by molar-refractivity contribution is -0.137. The first-order chi connectivity index (χ1) is 7.01. The number of carbonyl (C=O) groups is 1. The van der Waals surface area contributed by atoms with Gasteiger partial charge in [0.15, 0.2) is 0 Å². The monoisotopic (exact) mass is 232 g/mol. The molecule has 0 rings (SSSR count). The lowest BCUT2D eigenvalue weighted by Gasteiger charge is -2.26. The van der Waals surface area contributed by atoms with Gasteiger partial charge >= 0.3 is 14.5 Å². The Morgan fingerprint density at radius 2 is 1.87 bits per heavy atom. The number of esters is 1. The van der Waals surface area contributed by atoms with Crippen molar-refractivity contribution in [1.29, 1.82) is 0 Å². The number of hydrogen-bond acceptors (Lipinski definition) is 4. The van der Waals surface area contributed by atoms with Gasteiger partial charge in [-0.3, -0.25) is 0 Å². The van der Waals surface area contributed by atoms with Crippen molar-refractivity contribution in [3.63, 3.8) is 0 Å². The molecule has 88 valence electrons. The molecule has 0 bridgehead atoms. The van der Waals surface area contributed by atoms with E-state index in [0.717, 1.165) is 12.5 Å². The summed E-state index contributed by atoms with van der Waals surface area (Å²) in [6, 6.07) is 0.809. The molecule has 0 fully saturated rings. The summed E-state index contributed by atoms with van der Waals surface area (Å²) in [4.78, 5) is 11.2. The number of rotatable bonds is 7. The fourth-order valence-electron chi connectivity index (χ4n) is 1.16. The van der Waals surface area contributed by atoms with E-state index in [4.69, 9.17) is 13.6 Å². The molecule has 0 aliphatic rings. The predicted octanol–water partition coefficient (Wildman–Crippen LogP) is 1.79. The fraction of sp³-hybridized carbons (Fsp3) is 0.700. The average Bonchev–Trinajstić information content (AvgIpc) is 2.23. The maximum Gasteiger partial charge on any atom is 0.376 e. The highest BCUT2D eigenvalue weighted by atomic mass is 28.4. The molecule has 0 amide bonds. The standard InChI is InChI=1S/C10H20O4Si/c1-6-7-15(12-4,13-5)8-14-10(11)9(2)3/h2,6-8H2,1,3-5H3. The molecule has 4 nitrogen and oxygen atoms in total. The van der Waals surface area contributed by atoms with Crippen LogP contribution in [0.25, 0.3) is 0 Å². The lowest BCUT2D eigenvalue weighted by atomic mass is 10.4. The largest absolute Gasteiger partial charge is 0.460 e. The Balaban J connectivity index is 4.28. The third kappa shape index (κ3) is 4.59. The average molecular weight is 232 g/mol. The van der Waals surface area contributed by atoms with Gasteiger partial charge in [0, 0.05) is 19.8 Å². The molecule has 0 atom stereocenters. The summed E-state index contributed by atoms with van der Waals surface area (Å²) in [5.74, 6) is -0.392. The first-order valence-corrected chi connectivity index (χ1v) is 7.17. The summed E-state index contributed by atoms with van der Waals surface area (Å²) in [7, 11) is 0.858. The summed E-state index contributed by atoms with van der Waals surface area (Å²) in [5, 5.41) is 0. The zero-order valence-corrected chi connectivity index (χ0v) is 11.0. The van der Waals surface area contributed by atoms with Crippen LogP contribution in [0.15, 0.2) is 12.2 Å². The Labute approximate surface area is 92.5 Å². The number of carbonyl (C=O) groups excluding carboxylic acids is 1. The van der Waals surface area contributed by atoms with Gasteiger partial charge in [-0.15, -0.1) is 0 Å². The highest BCUT2D eigenvalue weighted by Crippen LogP contribution is 2.15. The number of ether oxygens (including phenoxy) is 1. The predicted molar refractivity (Wildman–Crippen MR) is 60.6 cm³/mol. The molecule has 0 unspecified atom stereocenters. The Hall–Kier alpha value is -0.653. The van der Waals surface area contributed by atoms with E-state index in [1.807, 2.05) is 6.92 Å². The van der Waals surface area contributed by atoms with Crippen molar-refractivity contribution < 1.29 is 18.4 Å². The maximum absolute atomic E-state index is 11.2. The van der Waals surface area contributed by atoms with Crippen LogP contribution < -0.4 is 0 Å². The Morgan fingerprint density at radius 3 is 2.20 bits per heavy atom. The Kier molecular flexibility index (Phi) is 6.47. The minimum atomic E-state index is -2.34. The van der Waals surface area contributed by atoms with Crippen LogP contribution in [0.5, 0.6) is 0 Å². The molecule has 5 heteroatoms. The molecule has 0 aromatic heterocycles. The van der Waals surface area contributed by atoms with E-state index in [1.54, 1.807) is 21.1 Å². The summed E-state index contributed by atoms with van der Waals surface area (Å²) < 4.78 is 15.8. The van der Waals surface area contributed by atoms with Crippen molar-refractivity contribution in [2.75, 3.05) is 20.4 Å². The van der Waals surface area contributed by atoms with E-state index in [9.17, 15) is 4.79 Å². The van der Waals surface area contributed by atoms with Crippen LogP contribution in [0.3, 0.4) is 0 Å². The molecular weight excluding hydrogens is 212 g/mol. The van der Waals surface area contributed by atoms with Gasteiger partial charge < -0.3 is 13.6 Å². The summed E-state index contributed by atoms with van der Waals surface area (Å²) in [5.41, 5.74) is 0.390. The van der Waals surface area contributed by atoms with Crippen molar-refractivity contribution in [1.82, 2.24) is 0 Å². The minimum Gasteiger partial charge on any atom is -0.460 e. The first kappa shape index (κ1) is 14.3. The highest BCUT2D eigenvalue weighted by molar-refractivity contribution is 6.67. The molecule has 0 aromatic carbocycles. The molecule has 0 aliphatic carbocycles. The molecule has 0 heterocycles. The third-order valence-electron chi connectivity index (χ3n) is 2.15. The van der Waals surface area contributed by atoms with E-state index in [1.165, 1.54) is 0 Å². The van der Waals surface area contributed by atoms with Crippen LogP contribution in [0.2, 0.25) is 6.04 Å². The molecule has 0 N–H and O–H groups in total. The van der Waals surface area contributed by atoms with Crippen LogP contribution in [0, 0.1) is 0 Å². The maximum atomic E-state index is 11.2. The van der Waals surface area contributed by atoms with Crippen molar-refractivity contribution in [2.24, 2.45) is 0 Å². The quantitative estimate of drug-likeness (QED) is 0.381. The van der Waals surface area contributed by atoms with Crippen molar-refractivity contribution in [3.8, 4) is 0 Å². The smallest absolute Gasteiger partial charge is 0.376 e. The lowest BCUT2D eigenvalue weighted by Crippen LogP contribution is -2.46. The van der Waals surface area contributed by atoms with Crippen LogP contribution in [0.1, 0.15) is 20.3 Å². The highest BCUT2D eigenvalue weighted by Gasteiger charge is 2.36. The molecule has 0 spiro atoms. The van der Waals surface area contributed by atoms with Crippen LogP contribution in [-0.2, 0) is 18.4 Å². The zero-order chi connectivity index (χ0) is 11.9. The van der Waals surface area contributed by atoms with Gasteiger partial charge in [-0.2, -0.15) is 0 Å². The first-order valence-electron chi connectivity index (χ1n) is 4.94. The zero-order valence-electron chi connectivity index (χ0n) is 9.96. The van der Waals surface area contributed by atoms with Crippen LogP contribution in [-0.4, -0.2) is 35.0 Å². The SMILES string of the molecule is C=C(C)C(=O)OC[Si](CCC)(OC)OC. The van der Waals surface area contributed by atoms with Gasteiger partial charge in [-0.05, 0) is 13.0 Å². The van der Waals surface area contributed by atoms with E-state index in [-0.39, 0.29) is 6.23 Å². The van der Waals surface area contributed by atoms with Crippen LogP contribution in [0.4, 0.5) is 0 Å². The van der Waals surface area contributed by atoms with Gasteiger partial charge in [0.1, 0.15) is 6.23 Å². The molecule has 0 saturated carbocycles. The topological polar surface area (TPSA) is 44.8 Å². The van der Waals surface area contributed by atoms with Crippen molar-refractivity contribution >= 4 is 14.5 Å². The second kappa shape index (κ2) is 6.76. The Morgan fingerprint density at radius 1 is 1.33 bits per heavy atom. The van der Waals surface area contributed by atoms with Gasteiger partial charge in [0.25, 0.3) is 0 Å². The summed E-state index contributed by atoms with van der Waals surface area (Å²) in [6.45, 7) is 7.17.